The van der Waals surface area contributed by atoms with E-state index in [1.807, 2.05) is 62.2 Å². The van der Waals surface area contributed by atoms with Gasteiger partial charge in [0.1, 0.15) is 11.0 Å². The molecule has 1 aromatic carbocycles. The van der Waals surface area contributed by atoms with Crippen molar-refractivity contribution in [3.63, 3.8) is 0 Å². The summed E-state index contributed by atoms with van der Waals surface area (Å²) >= 11 is 0. The summed E-state index contributed by atoms with van der Waals surface area (Å²) < 4.78 is 2.02. The molecule has 0 unspecified atom stereocenters. The van der Waals surface area contributed by atoms with Crippen LogP contribution in [-0.4, -0.2) is 55.5 Å². The minimum Gasteiger partial charge on any atom is -0.352 e. The summed E-state index contributed by atoms with van der Waals surface area (Å²) in [7, 11) is 0. The van der Waals surface area contributed by atoms with Gasteiger partial charge in [0.25, 0.3) is 5.91 Å². The van der Waals surface area contributed by atoms with Crippen LogP contribution in [0.3, 0.4) is 0 Å². The normalized spacial score (nSPS) is 14.4. The van der Waals surface area contributed by atoms with E-state index in [1.165, 1.54) is 0 Å². The topological polar surface area (TPSA) is 102 Å². The first kappa shape index (κ1) is 23.8. The third kappa shape index (κ3) is 4.53. The lowest BCUT2D eigenvalue weighted by molar-refractivity contribution is 0.0955. The summed E-state index contributed by atoms with van der Waals surface area (Å²) in [6.45, 7) is 10.4. The van der Waals surface area contributed by atoms with Gasteiger partial charge >= 0.3 is 0 Å². The maximum absolute atomic E-state index is 12.3. The van der Waals surface area contributed by atoms with Crippen molar-refractivity contribution in [1.29, 1.82) is 0 Å². The fraction of sp³-hybridized carbons (Fsp3) is 0.407. The fourth-order valence-electron chi connectivity index (χ4n) is 5.01. The van der Waals surface area contributed by atoms with Crippen LogP contribution in [0.1, 0.15) is 59.8 Å². The first-order valence-electron chi connectivity index (χ1n) is 12.6. The second kappa shape index (κ2) is 10.0. The maximum atomic E-state index is 12.3. The number of hydrogen-bond donors (Lipinski definition) is 1. The fourth-order valence-corrected chi connectivity index (χ4v) is 5.01. The van der Waals surface area contributed by atoms with Crippen molar-refractivity contribution in [1.82, 2.24) is 35.3 Å². The Labute approximate surface area is 211 Å². The highest BCUT2D eigenvalue weighted by Crippen LogP contribution is 2.31. The number of nitrogens with one attached hydrogen (secondary N) is 1. The highest BCUT2D eigenvalue weighted by Gasteiger charge is 2.25. The molecule has 1 aliphatic heterocycles. The molecule has 9 nitrogen and oxygen atoms in total. The first-order valence-corrected chi connectivity index (χ1v) is 12.6. The zero-order valence-electron chi connectivity index (χ0n) is 21.3. The van der Waals surface area contributed by atoms with Crippen molar-refractivity contribution in [2.24, 2.45) is 0 Å². The minimum atomic E-state index is -0.0582. The molecule has 0 radical (unpaired) electrons. The van der Waals surface area contributed by atoms with E-state index >= 15 is 0 Å². The molecule has 9 heteroatoms. The van der Waals surface area contributed by atoms with Crippen molar-refractivity contribution in [2.75, 3.05) is 24.5 Å². The number of aryl methyl sites for hydroxylation is 3. The van der Waals surface area contributed by atoms with Crippen molar-refractivity contribution in [3.8, 4) is 11.3 Å². The predicted molar refractivity (Wildman–Crippen MR) is 140 cm³/mol. The first-order chi connectivity index (χ1) is 17.5. The number of anilines is 1. The van der Waals surface area contributed by atoms with Gasteiger partial charge in [-0.05, 0) is 74.9 Å². The van der Waals surface area contributed by atoms with Crippen LogP contribution in [0.25, 0.3) is 22.3 Å². The zero-order valence-corrected chi connectivity index (χ0v) is 21.3. The lowest BCUT2D eigenvalue weighted by Crippen LogP contribution is -2.36. The number of hydrogen-bond acceptors (Lipinski definition) is 7. The summed E-state index contributed by atoms with van der Waals surface area (Å²) in [5.74, 6) is 0.738. The van der Waals surface area contributed by atoms with E-state index in [9.17, 15) is 4.79 Å². The molecule has 0 bridgehead atoms. The van der Waals surface area contributed by atoms with E-state index in [4.69, 9.17) is 4.98 Å². The number of pyridine rings is 1. The van der Waals surface area contributed by atoms with Crippen LogP contribution in [-0.2, 0) is 6.42 Å². The van der Waals surface area contributed by atoms with E-state index < -0.39 is 0 Å². The highest BCUT2D eigenvalue weighted by molar-refractivity contribution is 5.95. The molecule has 3 aromatic heterocycles. The summed E-state index contributed by atoms with van der Waals surface area (Å²) in [6.07, 6.45) is 8.54. The molecule has 0 atom stereocenters. The van der Waals surface area contributed by atoms with Gasteiger partial charge in [-0.3, -0.25) is 9.78 Å². The number of nitrogens with zero attached hydrogens (tertiary/aromatic N) is 7. The average Bonchev–Trinajstić information content (AvgIpc) is 3.32. The van der Waals surface area contributed by atoms with Gasteiger partial charge < -0.3 is 10.2 Å². The molecule has 186 valence electrons. The SMILES string of the molecule is CCNC(=O)c1cc(C)c(-c2cc3nnn(C4CCN(c5ncc(CC)cn5)CC4)c3cn2)c(C)c1. The van der Waals surface area contributed by atoms with Crippen LogP contribution < -0.4 is 10.2 Å². The molecule has 4 aromatic rings. The van der Waals surface area contributed by atoms with Gasteiger partial charge in [0.2, 0.25) is 5.95 Å². The van der Waals surface area contributed by atoms with E-state index in [2.05, 4.69) is 37.4 Å². The molecule has 1 amide bonds. The lowest BCUT2D eigenvalue weighted by Gasteiger charge is -2.32. The van der Waals surface area contributed by atoms with Crippen LogP contribution in [0.2, 0.25) is 0 Å². The standard InChI is InChI=1S/C27H32N8O/c1-5-19-14-30-27(31-15-19)34-9-7-21(8-10-34)35-24-16-29-23(13-22(24)32-33-35)25-17(3)11-20(12-18(25)4)26(36)28-6-2/h11-16,21H,5-10H2,1-4H3,(H,28,36). The Balaban J connectivity index is 1.35. The summed E-state index contributed by atoms with van der Waals surface area (Å²) in [4.78, 5) is 28.4. The number of rotatable bonds is 6. The van der Waals surface area contributed by atoms with E-state index in [1.54, 1.807) is 0 Å². The predicted octanol–water partition coefficient (Wildman–Crippen LogP) is 4.05. The molecular formula is C27H32N8O. The number of amides is 1. The van der Waals surface area contributed by atoms with Gasteiger partial charge in [-0.2, -0.15) is 0 Å². The molecule has 0 aliphatic carbocycles. The lowest BCUT2D eigenvalue weighted by atomic mass is 9.96. The molecule has 1 saturated heterocycles. The zero-order chi connectivity index (χ0) is 25.2. The average molecular weight is 485 g/mol. The molecule has 1 N–H and O–H groups in total. The van der Waals surface area contributed by atoms with Crippen molar-refractivity contribution < 1.29 is 4.79 Å². The molecule has 5 rings (SSSR count). The van der Waals surface area contributed by atoms with Crippen molar-refractivity contribution in [2.45, 2.75) is 53.0 Å². The van der Waals surface area contributed by atoms with Crippen LogP contribution in [0.4, 0.5) is 5.95 Å². The molecule has 0 spiro atoms. The monoisotopic (exact) mass is 484 g/mol. The number of fused-ring (bicyclic) bond motifs is 1. The van der Waals surface area contributed by atoms with E-state index in [-0.39, 0.29) is 11.9 Å². The summed E-state index contributed by atoms with van der Waals surface area (Å²) in [6, 6.07) is 6.10. The highest BCUT2D eigenvalue weighted by atomic mass is 16.1. The molecule has 1 fully saturated rings. The molecule has 1 aliphatic rings. The quantitative estimate of drug-likeness (QED) is 0.440. The third-order valence-corrected chi connectivity index (χ3v) is 6.94. The largest absolute Gasteiger partial charge is 0.352 e. The summed E-state index contributed by atoms with van der Waals surface area (Å²) in [5.41, 5.74) is 7.48. The smallest absolute Gasteiger partial charge is 0.251 e. The van der Waals surface area contributed by atoms with Gasteiger partial charge in [0, 0.05) is 43.2 Å². The van der Waals surface area contributed by atoms with Crippen LogP contribution in [0, 0.1) is 13.8 Å². The second-order valence-electron chi connectivity index (χ2n) is 9.40. The van der Waals surface area contributed by atoms with Gasteiger partial charge in [0.05, 0.1) is 17.9 Å². The number of benzene rings is 1. The second-order valence-corrected chi connectivity index (χ2v) is 9.40. The maximum Gasteiger partial charge on any atom is 0.251 e. The van der Waals surface area contributed by atoms with Gasteiger partial charge in [-0.15, -0.1) is 5.10 Å². The van der Waals surface area contributed by atoms with E-state index in [0.717, 1.165) is 77.3 Å². The Bertz CT molecular complexity index is 1360. The van der Waals surface area contributed by atoms with Crippen LogP contribution in [0.5, 0.6) is 0 Å². The Morgan fingerprint density at radius 3 is 2.33 bits per heavy atom. The third-order valence-electron chi connectivity index (χ3n) is 6.94. The Morgan fingerprint density at radius 2 is 1.69 bits per heavy atom. The Morgan fingerprint density at radius 1 is 1.00 bits per heavy atom. The van der Waals surface area contributed by atoms with Crippen molar-refractivity contribution >= 4 is 22.9 Å². The van der Waals surface area contributed by atoms with Crippen molar-refractivity contribution in [3.05, 3.63) is 59.0 Å². The van der Waals surface area contributed by atoms with Crippen LogP contribution in [0.15, 0.2) is 36.8 Å². The molecule has 4 heterocycles. The molecule has 0 saturated carbocycles. The molecule has 36 heavy (non-hydrogen) atoms. The van der Waals surface area contributed by atoms with Gasteiger partial charge in [-0.1, -0.05) is 12.1 Å². The number of carbonyl (C=O) groups is 1. The number of aromatic nitrogens is 6. The Hall–Kier alpha value is -3.88. The minimum absolute atomic E-state index is 0.0582. The summed E-state index contributed by atoms with van der Waals surface area (Å²) in [5, 5.41) is 11.8. The number of piperidine rings is 1. The van der Waals surface area contributed by atoms with Crippen LogP contribution >= 0.6 is 0 Å². The molecular weight excluding hydrogens is 452 g/mol. The van der Waals surface area contributed by atoms with E-state index in [0.29, 0.717) is 12.1 Å². The number of carbonyl (C=O) groups excluding carboxylic acids is 1. The van der Waals surface area contributed by atoms with Gasteiger partial charge in [-0.25, -0.2) is 14.6 Å². The van der Waals surface area contributed by atoms with Gasteiger partial charge in [0.15, 0.2) is 0 Å². The Kier molecular flexibility index (Phi) is 6.63.